The highest BCUT2D eigenvalue weighted by molar-refractivity contribution is 6.00. The fourth-order valence-corrected chi connectivity index (χ4v) is 5.77. The largest absolute Gasteiger partial charge is 0.471 e. The van der Waals surface area contributed by atoms with E-state index in [9.17, 15) is 49.8 Å². The number of halogens is 8. The van der Waals surface area contributed by atoms with Crippen molar-refractivity contribution < 1.29 is 54.6 Å². The molecule has 2 aliphatic rings. The Morgan fingerprint density at radius 2 is 1.75 bits per heavy atom. The number of fused-ring (bicyclic) bond motifs is 1. The summed E-state index contributed by atoms with van der Waals surface area (Å²) in [6.45, 7) is -1.26. The summed E-state index contributed by atoms with van der Waals surface area (Å²) >= 11 is 0. The van der Waals surface area contributed by atoms with Crippen LogP contribution in [-0.4, -0.2) is 56.6 Å². The average molecular weight is 692 g/mol. The van der Waals surface area contributed by atoms with Gasteiger partial charge in [-0.25, -0.2) is 8.78 Å². The number of nitrogens with zero attached hydrogens (tertiary/aromatic N) is 2. The fourth-order valence-electron chi connectivity index (χ4n) is 5.77. The maximum absolute atomic E-state index is 13.8. The molecule has 0 radical (unpaired) electrons. The van der Waals surface area contributed by atoms with Gasteiger partial charge in [0.2, 0.25) is 11.8 Å². The second-order valence-corrected chi connectivity index (χ2v) is 12.3. The summed E-state index contributed by atoms with van der Waals surface area (Å²) in [7, 11) is 0. The van der Waals surface area contributed by atoms with Crippen LogP contribution in [0.5, 0.6) is 5.88 Å². The minimum absolute atomic E-state index is 0.0219. The number of anilines is 2. The van der Waals surface area contributed by atoms with Gasteiger partial charge in [0.05, 0.1) is 28.2 Å². The number of Topliss-reactive ketones (excluding diaryl/α,β-unsaturated/α-hetero) is 1. The molecule has 9 nitrogen and oxygen atoms in total. The summed E-state index contributed by atoms with van der Waals surface area (Å²) in [4.78, 5) is 36.1. The minimum Gasteiger partial charge on any atom is -0.471 e. The molecule has 1 aromatic carbocycles. The van der Waals surface area contributed by atoms with Gasteiger partial charge in [0, 0.05) is 13.0 Å². The number of alkyl halides is 8. The van der Waals surface area contributed by atoms with Crippen molar-refractivity contribution >= 4 is 34.5 Å². The van der Waals surface area contributed by atoms with Crippen LogP contribution in [0.2, 0.25) is 0 Å². The van der Waals surface area contributed by atoms with Gasteiger partial charge < -0.3 is 25.5 Å². The summed E-state index contributed by atoms with van der Waals surface area (Å²) in [5.74, 6) is -3.13. The number of pyridine rings is 1. The lowest BCUT2D eigenvalue weighted by Gasteiger charge is -2.29. The number of hydrogen-bond acceptors (Lipinski definition) is 7. The molecule has 0 aliphatic heterocycles. The van der Waals surface area contributed by atoms with Crippen molar-refractivity contribution in [3.63, 3.8) is 0 Å². The third-order valence-electron chi connectivity index (χ3n) is 8.65. The van der Waals surface area contributed by atoms with E-state index in [-0.39, 0.29) is 72.8 Å². The number of carbonyl (C=O) groups is 2. The monoisotopic (exact) mass is 691 g/mol. The minimum atomic E-state index is -4.79. The SMILES string of the molecule is O=C(CCCC1CCC(C(F)(F)F)CC1)c1cc2[nH]c(Nc3cc(CNC(=O)C4(O)CC4)ccc3C(F)(F)F)nc2nc1OCC(F)F. The number of hydrogen-bond donors (Lipinski definition) is 4. The number of aliphatic hydroxyl groups is 1. The first kappa shape index (κ1) is 35.3. The molecule has 2 aliphatic carbocycles. The highest BCUT2D eigenvalue weighted by atomic mass is 19.4. The molecule has 1 amide bonds. The summed E-state index contributed by atoms with van der Waals surface area (Å²) in [6, 6.07) is 4.37. The number of nitrogens with one attached hydrogen (secondary N) is 3. The predicted molar refractivity (Wildman–Crippen MR) is 156 cm³/mol. The lowest BCUT2D eigenvalue weighted by Crippen LogP contribution is -2.35. The van der Waals surface area contributed by atoms with Crippen molar-refractivity contribution in [1.82, 2.24) is 20.3 Å². The molecule has 17 heteroatoms. The Kier molecular flexibility index (Phi) is 10.2. The van der Waals surface area contributed by atoms with E-state index in [2.05, 4.69) is 25.6 Å². The summed E-state index contributed by atoms with van der Waals surface area (Å²) in [6.07, 6.45) is -9.75. The van der Waals surface area contributed by atoms with Crippen molar-refractivity contribution in [2.45, 2.75) is 88.7 Å². The molecule has 0 saturated heterocycles. The van der Waals surface area contributed by atoms with Crippen LogP contribution in [0.3, 0.4) is 0 Å². The standard InChI is InChI=1S/C31H33F8N5O4/c32-24(33)15-48-26-19(23(45)3-1-2-16-4-7-18(8-5-16)30(34,35)36)13-22-25(43-26)44-28(42-22)41-21-12-17(6-9-20(21)31(37,38)39)14-40-27(46)29(47)10-11-29/h6,9,12-13,16,18,24,47H,1-5,7-8,10-11,14-15H2,(H,40,46)(H2,41,42,43,44). The van der Waals surface area contributed by atoms with Crippen LogP contribution in [0.4, 0.5) is 46.8 Å². The molecule has 5 rings (SSSR count). The molecule has 2 fully saturated rings. The van der Waals surface area contributed by atoms with E-state index in [1.54, 1.807) is 0 Å². The predicted octanol–water partition coefficient (Wildman–Crippen LogP) is 7.23. The molecular weight excluding hydrogens is 658 g/mol. The number of aromatic nitrogens is 3. The molecular formula is C31H33F8N5O4. The van der Waals surface area contributed by atoms with Gasteiger partial charge in [-0.1, -0.05) is 12.5 Å². The zero-order valence-electron chi connectivity index (χ0n) is 25.4. The van der Waals surface area contributed by atoms with Gasteiger partial charge in [-0.05, 0) is 74.6 Å². The van der Waals surface area contributed by atoms with Gasteiger partial charge in [-0.2, -0.15) is 36.3 Å². The number of ketones is 1. The quantitative estimate of drug-likeness (QED) is 0.110. The molecule has 2 aromatic heterocycles. The van der Waals surface area contributed by atoms with Crippen molar-refractivity contribution in [2.24, 2.45) is 11.8 Å². The Labute approximate surface area is 268 Å². The van der Waals surface area contributed by atoms with Crippen LogP contribution in [-0.2, 0) is 17.5 Å². The van der Waals surface area contributed by atoms with Gasteiger partial charge in [-0.15, -0.1) is 0 Å². The van der Waals surface area contributed by atoms with Gasteiger partial charge in [0.25, 0.3) is 12.3 Å². The Morgan fingerprint density at radius 3 is 2.38 bits per heavy atom. The molecule has 0 atom stereocenters. The topological polar surface area (TPSA) is 129 Å². The van der Waals surface area contributed by atoms with E-state index in [0.717, 1.165) is 12.1 Å². The summed E-state index contributed by atoms with van der Waals surface area (Å²) in [5.41, 5.74) is -2.90. The average Bonchev–Trinajstić information content (AvgIpc) is 3.65. The first-order chi connectivity index (χ1) is 22.5. The maximum Gasteiger partial charge on any atom is 0.418 e. The van der Waals surface area contributed by atoms with Gasteiger partial charge in [-0.3, -0.25) is 9.59 Å². The molecule has 48 heavy (non-hydrogen) atoms. The number of amides is 1. The molecule has 262 valence electrons. The third kappa shape index (κ3) is 8.71. The van der Waals surface area contributed by atoms with Crippen molar-refractivity contribution in [2.75, 3.05) is 11.9 Å². The van der Waals surface area contributed by atoms with Gasteiger partial charge in [0.15, 0.2) is 18.0 Å². The molecule has 3 aromatic rings. The van der Waals surface area contributed by atoms with Crippen LogP contribution < -0.4 is 15.4 Å². The van der Waals surface area contributed by atoms with Gasteiger partial charge >= 0.3 is 12.4 Å². The molecule has 2 saturated carbocycles. The second-order valence-electron chi connectivity index (χ2n) is 12.3. The van der Waals surface area contributed by atoms with Gasteiger partial charge in [0.1, 0.15) is 5.60 Å². The molecule has 0 spiro atoms. The number of ether oxygens (including phenoxy) is 1. The van der Waals surface area contributed by atoms with Crippen molar-refractivity contribution in [3.8, 4) is 5.88 Å². The van der Waals surface area contributed by atoms with Crippen molar-refractivity contribution in [1.29, 1.82) is 0 Å². The van der Waals surface area contributed by atoms with E-state index in [0.29, 0.717) is 25.7 Å². The van der Waals surface area contributed by atoms with Crippen LogP contribution in [0.25, 0.3) is 11.2 Å². The zero-order chi connectivity index (χ0) is 34.9. The highest BCUT2D eigenvalue weighted by Crippen LogP contribution is 2.41. The van der Waals surface area contributed by atoms with E-state index in [4.69, 9.17) is 4.74 Å². The second kappa shape index (κ2) is 13.8. The molecule has 0 unspecified atom stereocenters. The number of H-pyrrole nitrogens is 1. The normalized spacial score (nSPS) is 19.4. The third-order valence-corrected chi connectivity index (χ3v) is 8.65. The highest BCUT2D eigenvalue weighted by Gasteiger charge is 2.48. The number of imidazole rings is 1. The molecule has 0 bridgehead atoms. The van der Waals surface area contributed by atoms with Crippen LogP contribution in [0.1, 0.15) is 79.3 Å². The lowest BCUT2D eigenvalue weighted by molar-refractivity contribution is -0.184. The fraction of sp³-hybridized carbons (Fsp3) is 0.548. The Hall–Kier alpha value is -4.02. The Morgan fingerprint density at radius 1 is 1.04 bits per heavy atom. The van der Waals surface area contributed by atoms with E-state index < -0.39 is 65.7 Å². The maximum atomic E-state index is 13.8. The number of benzene rings is 1. The smallest absolute Gasteiger partial charge is 0.418 e. The number of aromatic amines is 1. The Balaban J connectivity index is 1.31. The van der Waals surface area contributed by atoms with Crippen LogP contribution in [0, 0.1) is 11.8 Å². The zero-order valence-corrected chi connectivity index (χ0v) is 25.4. The van der Waals surface area contributed by atoms with Crippen LogP contribution >= 0.6 is 0 Å². The van der Waals surface area contributed by atoms with E-state index in [1.165, 1.54) is 12.1 Å². The van der Waals surface area contributed by atoms with Crippen LogP contribution in [0.15, 0.2) is 24.3 Å². The van der Waals surface area contributed by atoms with Crippen molar-refractivity contribution in [3.05, 3.63) is 41.0 Å². The number of rotatable bonds is 13. The summed E-state index contributed by atoms with van der Waals surface area (Å²) in [5, 5.41) is 14.9. The molecule has 4 N–H and O–H groups in total. The lowest BCUT2D eigenvalue weighted by atomic mass is 9.79. The first-order valence-corrected chi connectivity index (χ1v) is 15.4. The van der Waals surface area contributed by atoms with E-state index in [1.807, 2.05) is 0 Å². The Bertz CT molecular complexity index is 1630. The summed E-state index contributed by atoms with van der Waals surface area (Å²) < 4.78 is 112. The first-order valence-electron chi connectivity index (χ1n) is 15.4. The number of carbonyl (C=O) groups excluding carboxylic acids is 2. The van der Waals surface area contributed by atoms with E-state index >= 15 is 0 Å². The molecule has 2 heterocycles.